The molecule has 3 aromatic heterocycles. The van der Waals surface area contributed by atoms with Crippen LogP contribution in [0.5, 0.6) is 0 Å². The summed E-state index contributed by atoms with van der Waals surface area (Å²) in [5, 5.41) is 4.24. The van der Waals surface area contributed by atoms with Crippen molar-refractivity contribution >= 4 is 62.8 Å². The maximum Gasteiger partial charge on any atom is 0.227 e. The van der Waals surface area contributed by atoms with E-state index in [9.17, 15) is 4.21 Å². The normalized spacial score (nSPS) is 19.3. The maximum absolute atomic E-state index is 15.1. The van der Waals surface area contributed by atoms with E-state index >= 15 is 8.78 Å². The molecule has 7 rings (SSSR count). The van der Waals surface area contributed by atoms with E-state index in [1.165, 1.54) is 17.8 Å². The second kappa shape index (κ2) is 15.1. The molecule has 0 unspecified atom stereocenters. The van der Waals surface area contributed by atoms with Gasteiger partial charge in [-0.1, -0.05) is 23.4 Å². The lowest BCUT2D eigenvalue weighted by molar-refractivity contribution is 0.0973. The zero-order valence-corrected chi connectivity index (χ0v) is 33.7. The summed E-state index contributed by atoms with van der Waals surface area (Å²) in [6, 6.07) is 8.39. The minimum atomic E-state index is -1.18. The molecule has 5 aromatic rings. The summed E-state index contributed by atoms with van der Waals surface area (Å²) in [5.41, 5.74) is 1.55. The quantitative estimate of drug-likeness (QED) is 0.150. The Morgan fingerprint density at radius 3 is 2.46 bits per heavy atom. The number of anilines is 3. The number of benzene rings is 2. The van der Waals surface area contributed by atoms with Crippen LogP contribution in [0.1, 0.15) is 66.3 Å². The van der Waals surface area contributed by atoms with E-state index in [4.69, 9.17) is 21.3 Å². The number of hydrogen-bond donors (Lipinski definition) is 2. The van der Waals surface area contributed by atoms with Crippen LogP contribution in [0.2, 0.25) is 5.02 Å². The number of piperidine rings is 1. The van der Waals surface area contributed by atoms with Crippen LogP contribution < -0.4 is 14.9 Å². The molecule has 16 heteroatoms. The molecule has 54 heavy (non-hydrogen) atoms. The van der Waals surface area contributed by atoms with Gasteiger partial charge in [-0.2, -0.15) is 0 Å². The Bertz CT molecular complexity index is 2210. The number of fused-ring (bicyclic) bond motifs is 1. The second-order valence-electron chi connectivity index (χ2n) is 15.3. The fourth-order valence-electron chi connectivity index (χ4n) is 7.25. The smallest absolute Gasteiger partial charge is 0.227 e. The Balaban J connectivity index is 0.998. The third-order valence-corrected chi connectivity index (χ3v) is 13.1. The van der Waals surface area contributed by atoms with Gasteiger partial charge in [0.05, 0.1) is 63.6 Å². The van der Waals surface area contributed by atoms with Crippen molar-refractivity contribution in [1.82, 2.24) is 34.2 Å². The lowest BCUT2D eigenvalue weighted by atomic mass is 9.73. The molecular weight excluding hydrogens is 752 g/mol. The molecule has 2 aliphatic heterocycles. The predicted molar refractivity (Wildman–Crippen MR) is 211 cm³/mol. The van der Waals surface area contributed by atoms with E-state index in [1.54, 1.807) is 24.5 Å². The summed E-state index contributed by atoms with van der Waals surface area (Å²) in [5.74, 6) is 0.371. The Hall–Kier alpha value is -3.76. The van der Waals surface area contributed by atoms with E-state index in [1.807, 2.05) is 58.2 Å². The highest BCUT2D eigenvalue weighted by atomic mass is 35.5. The largest absolute Gasteiger partial charge is 0.376 e. The molecule has 0 aliphatic carbocycles. The minimum Gasteiger partial charge on any atom is -0.376 e. The minimum absolute atomic E-state index is 0.00986. The molecule has 2 N–H and O–H groups in total. The van der Waals surface area contributed by atoms with Crippen molar-refractivity contribution in [2.75, 3.05) is 29.9 Å². The van der Waals surface area contributed by atoms with E-state index in [-0.39, 0.29) is 51.1 Å². The predicted octanol–water partition coefficient (Wildman–Crippen LogP) is 8.42. The van der Waals surface area contributed by atoms with Crippen LogP contribution in [0.4, 0.5) is 26.2 Å². The van der Waals surface area contributed by atoms with Crippen LogP contribution in [0, 0.1) is 24.0 Å². The number of imidazole rings is 1. The first-order valence-corrected chi connectivity index (χ1v) is 20.3. The highest BCUT2D eigenvalue weighted by Gasteiger charge is 2.50. The summed E-state index contributed by atoms with van der Waals surface area (Å²) in [6.07, 6.45) is 6.37. The summed E-state index contributed by atoms with van der Waals surface area (Å²) >= 11 is 8.09. The Labute approximate surface area is 325 Å². The number of aromatic nitrogens is 6. The molecule has 2 fully saturated rings. The van der Waals surface area contributed by atoms with Gasteiger partial charge in [-0.05, 0) is 91.6 Å². The van der Waals surface area contributed by atoms with Crippen LogP contribution in [0.25, 0.3) is 22.3 Å². The maximum atomic E-state index is 15.1. The van der Waals surface area contributed by atoms with Crippen molar-refractivity contribution in [2.24, 2.45) is 5.41 Å². The van der Waals surface area contributed by atoms with Crippen LogP contribution in [-0.2, 0) is 15.7 Å². The molecule has 0 radical (unpaired) electrons. The van der Waals surface area contributed by atoms with E-state index in [0.717, 1.165) is 42.8 Å². The van der Waals surface area contributed by atoms with E-state index < -0.39 is 22.6 Å². The van der Waals surface area contributed by atoms with Gasteiger partial charge in [0, 0.05) is 40.7 Å². The van der Waals surface area contributed by atoms with Crippen LogP contribution in [0.15, 0.2) is 58.8 Å². The molecular formula is C38H44ClF2N9O2S2. The average molecular weight is 796 g/mol. The van der Waals surface area contributed by atoms with Gasteiger partial charge in [0.2, 0.25) is 5.95 Å². The average Bonchev–Trinajstić information content (AvgIpc) is 3.62. The second-order valence-corrected chi connectivity index (χ2v) is 18.7. The third-order valence-electron chi connectivity index (χ3n) is 10.1. The molecule has 3 atom stereocenters. The fraction of sp³-hybridized carbons (Fsp3) is 0.447. The lowest BCUT2D eigenvalue weighted by Crippen LogP contribution is -2.55. The van der Waals surface area contributed by atoms with Crippen molar-refractivity contribution in [3.63, 3.8) is 0 Å². The van der Waals surface area contributed by atoms with Crippen molar-refractivity contribution < 1.29 is 17.7 Å². The number of nitrogens with one attached hydrogen (secondary N) is 2. The number of hydrogen-bond acceptors (Lipinski definition) is 10. The Morgan fingerprint density at radius 1 is 1.04 bits per heavy atom. The molecule has 2 saturated heterocycles. The summed E-state index contributed by atoms with van der Waals surface area (Å²) in [7, 11) is -1.18. The zero-order chi connectivity index (χ0) is 38.5. The van der Waals surface area contributed by atoms with Gasteiger partial charge in [0.25, 0.3) is 0 Å². The molecule has 286 valence electrons. The highest BCUT2D eigenvalue weighted by molar-refractivity contribution is 7.99. The number of rotatable bonds is 9. The van der Waals surface area contributed by atoms with Gasteiger partial charge >= 0.3 is 0 Å². The number of ether oxygens (including phenoxy) is 1. The van der Waals surface area contributed by atoms with Gasteiger partial charge < -0.3 is 19.5 Å². The third kappa shape index (κ3) is 7.70. The lowest BCUT2D eigenvalue weighted by Gasteiger charge is -2.43. The summed E-state index contributed by atoms with van der Waals surface area (Å²) < 4.78 is 54.2. The van der Waals surface area contributed by atoms with Gasteiger partial charge in [-0.3, -0.25) is 0 Å². The number of nitrogens with zero attached hydrogens (tertiary/aromatic N) is 7. The first-order valence-electron chi connectivity index (χ1n) is 17.9. The Morgan fingerprint density at radius 2 is 1.80 bits per heavy atom. The molecule has 11 nitrogen and oxygen atoms in total. The SMILES string of the molecule is Cc1nc2c(F)cc(-c3nc(Nc4ccc(Sc5cnc(N6CCC7(CC6)CO[C@@H](C)[C@H]7N[S@](=O)C(C)(C)C)cn5)c(Cl)c4)ncc3F)cc2n1C(C)C. The standard InChI is InChI=1S/C38H44ClF2N9O2S2/c1-21(2)50-23(4)45-34-27(40)14-24(15-29(34)50)33-28(41)17-44-36(47-33)46-25-8-9-30(26(39)16-25)53-32-19-42-31(18-43-32)49-12-10-38(11-13-49)20-52-22(3)35(38)48-54(51)37(5,6)7/h8-9,14-19,21-22,35,48H,10-13,20H2,1-7H3,(H,44,46,47)/t22-,35+,54+/m0/s1. The van der Waals surface area contributed by atoms with Crippen LogP contribution >= 0.6 is 23.4 Å². The van der Waals surface area contributed by atoms with Gasteiger partial charge in [-0.15, -0.1) is 0 Å². The monoisotopic (exact) mass is 795 g/mol. The number of aryl methyl sites for hydroxylation is 1. The van der Waals surface area contributed by atoms with Crippen LogP contribution in [0.3, 0.4) is 0 Å². The molecule has 5 heterocycles. The molecule has 1 spiro atoms. The van der Waals surface area contributed by atoms with Gasteiger partial charge in [-0.25, -0.2) is 42.6 Å². The Kier molecular flexibility index (Phi) is 10.7. The van der Waals surface area contributed by atoms with Crippen LogP contribution in [-0.4, -0.2) is 70.3 Å². The first kappa shape index (κ1) is 38.5. The van der Waals surface area contributed by atoms with Crippen molar-refractivity contribution in [1.29, 1.82) is 0 Å². The molecule has 0 bridgehead atoms. The topological polar surface area (TPSA) is 123 Å². The van der Waals surface area contributed by atoms with Crippen molar-refractivity contribution in [3.8, 4) is 11.3 Å². The molecule has 2 aliphatic rings. The van der Waals surface area contributed by atoms with Gasteiger partial charge in [0.15, 0.2) is 11.6 Å². The molecule has 0 saturated carbocycles. The van der Waals surface area contributed by atoms with Crippen molar-refractivity contribution in [3.05, 3.63) is 71.4 Å². The van der Waals surface area contributed by atoms with E-state index in [2.05, 4.69) is 41.8 Å². The summed E-state index contributed by atoms with van der Waals surface area (Å²) in [6.45, 7) is 16.0. The molecule has 0 amide bonds. The van der Waals surface area contributed by atoms with Crippen molar-refractivity contribution in [2.45, 2.75) is 94.2 Å². The first-order chi connectivity index (χ1) is 25.6. The summed E-state index contributed by atoms with van der Waals surface area (Å²) in [4.78, 5) is 25.3. The van der Waals surface area contributed by atoms with E-state index in [0.29, 0.717) is 33.7 Å². The van der Waals surface area contributed by atoms with Gasteiger partial charge in [0.1, 0.15) is 27.9 Å². The highest BCUT2D eigenvalue weighted by Crippen LogP contribution is 2.43. The number of halogens is 3. The fourth-order valence-corrected chi connectivity index (χ4v) is 9.30. The molecule has 2 aromatic carbocycles. The zero-order valence-electron chi connectivity index (χ0n) is 31.3.